The van der Waals surface area contributed by atoms with Crippen LogP contribution in [0.5, 0.6) is 0 Å². The fourth-order valence-electron chi connectivity index (χ4n) is 3.92. The Balaban J connectivity index is 2.04. The zero-order valence-corrected chi connectivity index (χ0v) is 16.7. The Morgan fingerprint density at radius 2 is 1.47 bits per heavy atom. The number of benzene rings is 3. The summed E-state index contributed by atoms with van der Waals surface area (Å²) in [5.41, 5.74) is 0.250. The van der Waals surface area contributed by atoms with E-state index in [9.17, 15) is 19.8 Å². The minimum absolute atomic E-state index is 0.307. The first-order valence-electron chi connectivity index (χ1n) is 9.59. The molecule has 0 radical (unpaired) electrons. The van der Waals surface area contributed by atoms with Crippen LogP contribution < -0.4 is 4.90 Å². The van der Waals surface area contributed by atoms with Crippen molar-refractivity contribution in [3.63, 3.8) is 0 Å². The number of aryl methyl sites for hydroxylation is 2. The maximum absolute atomic E-state index is 13.1. The molecule has 5 nitrogen and oxygen atoms in total. The van der Waals surface area contributed by atoms with E-state index in [1.165, 1.54) is 0 Å². The molecule has 3 aromatic rings. The fourth-order valence-corrected chi connectivity index (χ4v) is 3.92. The van der Waals surface area contributed by atoms with Gasteiger partial charge in [0.1, 0.15) is 11.3 Å². The predicted octanol–water partition coefficient (Wildman–Crippen LogP) is 4.03. The molecule has 4 rings (SSSR count). The summed E-state index contributed by atoms with van der Waals surface area (Å²) in [5.74, 6) is -2.26. The lowest BCUT2D eigenvalue weighted by atomic mass is 9.91. The van der Waals surface area contributed by atoms with Crippen molar-refractivity contribution < 1.29 is 19.8 Å². The van der Waals surface area contributed by atoms with Crippen molar-refractivity contribution >= 4 is 23.1 Å². The summed E-state index contributed by atoms with van der Waals surface area (Å²) in [4.78, 5) is 27.3. The molecule has 30 heavy (non-hydrogen) atoms. The molecule has 0 aliphatic carbocycles. The number of carbonyl (C=O) groups excluding carboxylic acids is 2. The van der Waals surface area contributed by atoms with Crippen molar-refractivity contribution in [1.29, 1.82) is 0 Å². The Hall–Kier alpha value is -3.70. The average Bonchev–Trinajstić information content (AvgIpc) is 2.96. The Kier molecular flexibility index (Phi) is 4.76. The van der Waals surface area contributed by atoms with E-state index >= 15 is 0 Å². The highest BCUT2D eigenvalue weighted by molar-refractivity contribution is 6.52. The standard InChI is InChI=1S/C25H21NO4/c1-16-13-14-20(17(2)15-16)26-24(29)23(28)21(22(27)18-9-5-3-6-10-18)25(26,30)19-11-7-4-8-12-19/h3-15,27,30H,1-2H3/b22-21-. The third kappa shape index (κ3) is 2.91. The number of carbonyl (C=O) groups is 2. The minimum Gasteiger partial charge on any atom is -0.507 e. The molecule has 150 valence electrons. The number of hydrogen-bond acceptors (Lipinski definition) is 4. The second-order valence-electron chi connectivity index (χ2n) is 7.39. The quantitative estimate of drug-likeness (QED) is 0.396. The van der Waals surface area contributed by atoms with Gasteiger partial charge in [-0.1, -0.05) is 78.4 Å². The lowest BCUT2D eigenvalue weighted by Crippen LogP contribution is -2.45. The summed E-state index contributed by atoms with van der Waals surface area (Å²) < 4.78 is 0. The second kappa shape index (κ2) is 7.28. The van der Waals surface area contributed by atoms with Crippen LogP contribution in [-0.2, 0) is 15.3 Å². The van der Waals surface area contributed by atoms with Crippen LogP contribution in [-0.4, -0.2) is 21.9 Å². The summed E-state index contributed by atoms with van der Waals surface area (Å²) in [5, 5.41) is 23.0. The zero-order chi connectivity index (χ0) is 21.5. The number of amides is 1. The minimum atomic E-state index is -2.16. The first kappa shape index (κ1) is 19.6. The van der Waals surface area contributed by atoms with Crippen LogP contribution in [0.1, 0.15) is 22.3 Å². The topological polar surface area (TPSA) is 77.8 Å². The summed E-state index contributed by atoms with van der Waals surface area (Å²) in [6.07, 6.45) is 0. The molecule has 0 saturated carbocycles. The smallest absolute Gasteiger partial charge is 0.302 e. The fraction of sp³-hybridized carbons (Fsp3) is 0.120. The third-order valence-electron chi connectivity index (χ3n) is 5.35. The van der Waals surface area contributed by atoms with Crippen molar-refractivity contribution in [2.24, 2.45) is 0 Å². The molecule has 1 fully saturated rings. The number of Topliss-reactive ketones (excluding diaryl/α,β-unsaturated/α-hetero) is 1. The third-order valence-corrected chi connectivity index (χ3v) is 5.35. The van der Waals surface area contributed by atoms with E-state index in [-0.39, 0.29) is 5.57 Å². The average molecular weight is 399 g/mol. The summed E-state index contributed by atoms with van der Waals surface area (Å²) in [6, 6.07) is 22.2. The van der Waals surface area contributed by atoms with Crippen LogP contribution in [0.15, 0.2) is 84.4 Å². The van der Waals surface area contributed by atoms with Gasteiger partial charge in [-0.2, -0.15) is 0 Å². The van der Waals surface area contributed by atoms with Crippen molar-refractivity contribution in [3.8, 4) is 0 Å². The molecule has 1 saturated heterocycles. The number of aliphatic hydroxyl groups excluding tert-OH is 1. The lowest BCUT2D eigenvalue weighted by molar-refractivity contribution is -0.132. The Morgan fingerprint density at radius 3 is 2.07 bits per heavy atom. The van der Waals surface area contributed by atoms with Crippen molar-refractivity contribution in [2.45, 2.75) is 19.6 Å². The van der Waals surface area contributed by atoms with E-state index in [1.54, 1.807) is 66.7 Å². The highest BCUT2D eigenvalue weighted by Crippen LogP contribution is 2.46. The molecule has 0 spiro atoms. The van der Waals surface area contributed by atoms with Gasteiger partial charge >= 0.3 is 5.91 Å². The van der Waals surface area contributed by atoms with Gasteiger partial charge in [-0.05, 0) is 25.5 Å². The molecule has 2 N–H and O–H groups in total. The number of ketones is 1. The monoisotopic (exact) mass is 399 g/mol. The summed E-state index contributed by atoms with van der Waals surface area (Å²) in [6.45, 7) is 3.73. The number of hydrogen-bond donors (Lipinski definition) is 2. The van der Waals surface area contributed by atoms with Crippen LogP contribution >= 0.6 is 0 Å². The zero-order valence-electron chi connectivity index (χ0n) is 16.7. The van der Waals surface area contributed by atoms with E-state index in [1.807, 2.05) is 26.0 Å². The Labute approximate surface area is 174 Å². The van der Waals surface area contributed by atoms with E-state index in [4.69, 9.17) is 0 Å². The van der Waals surface area contributed by atoms with Gasteiger partial charge in [-0.15, -0.1) is 0 Å². The molecule has 1 heterocycles. The number of rotatable bonds is 3. The molecule has 0 aromatic heterocycles. The molecule has 5 heteroatoms. The van der Waals surface area contributed by atoms with Crippen LogP contribution in [0.4, 0.5) is 5.69 Å². The van der Waals surface area contributed by atoms with Crippen molar-refractivity contribution in [2.75, 3.05) is 4.90 Å². The first-order valence-corrected chi connectivity index (χ1v) is 9.59. The summed E-state index contributed by atoms with van der Waals surface area (Å²) >= 11 is 0. The van der Waals surface area contributed by atoms with Gasteiger partial charge in [0, 0.05) is 11.1 Å². The maximum atomic E-state index is 13.1. The van der Waals surface area contributed by atoms with Gasteiger partial charge in [-0.25, -0.2) is 0 Å². The van der Waals surface area contributed by atoms with Gasteiger partial charge < -0.3 is 10.2 Å². The van der Waals surface area contributed by atoms with Crippen LogP contribution in [0, 0.1) is 13.8 Å². The van der Waals surface area contributed by atoms with Crippen molar-refractivity contribution in [3.05, 3.63) is 107 Å². The number of nitrogens with zero attached hydrogens (tertiary/aromatic N) is 1. The normalized spacial score (nSPS) is 20.6. The molecule has 0 bridgehead atoms. The molecule has 1 aliphatic rings. The van der Waals surface area contributed by atoms with Gasteiger partial charge in [-0.3, -0.25) is 14.5 Å². The molecule has 1 amide bonds. The Morgan fingerprint density at radius 1 is 0.867 bits per heavy atom. The van der Waals surface area contributed by atoms with Gasteiger partial charge in [0.25, 0.3) is 5.78 Å². The number of anilines is 1. The van der Waals surface area contributed by atoms with Gasteiger partial charge in [0.2, 0.25) is 5.72 Å². The number of aliphatic hydroxyl groups is 2. The SMILES string of the molecule is Cc1ccc(N2C(=O)C(=O)/C(=C(/O)c3ccccc3)C2(O)c2ccccc2)c(C)c1. The lowest BCUT2D eigenvalue weighted by Gasteiger charge is -2.35. The van der Waals surface area contributed by atoms with Crippen LogP contribution in [0.2, 0.25) is 0 Å². The van der Waals surface area contributed by atoms with Gasteiger partial charge in [0.05, 0.1) is 5.69 Å². The second-order valence-corrected chi connectivity index (χ2v) is 7.39. The maximum Gasteiger partial charge on any atom is 0.302 e. The van der Waals surface area contributed by atoms with Crippen LogP contribution in [0.3, 0.4) is 0 Å². The largest absolute Gasteiger partial charge is 0.507 e. The van der Waals surface area contributed by atoms with Crippen LogP contribution in [0.25, 0.3) is 5.76 Å². The molecule has 3 aromatic carbocycles. The van der Waals surface area contributed by atoms with E-state index in [0.717, 1.165) is 16.0 Å². The molecule has 1 unspecified atom stereocenters. The van der Waals surface area contributed by atoms with E-state index < -0.39 is 23.2 Å². The first-order chi connectivity index (χ1) is 14.4. The summed E-state index contributed by atoms with van der Waals surface area (Å²) in [7, 11) is 0. The Bertz CT molecular complexity index is 1170. The van der Waals surface area contributed by atoms with Crippen molar-refractivity contribution in [1.82, 2.24) is 0 Å². The molecule has 1 aliphatic heterocycles. The van der Waals surface area contributed by atoms with Gasteiger partial charge in [0.15, 0.2) is 0 Å². The molecular weight excluding hydrogens is 378 g/mol. The predicted molar refractivity (Wildman–Crippen MR) is 115 cm³/mol. The molecule has 1 atom stereocenters. The van der Waals surface area contributed by atoms with E-state index in [0.29, 0.717) is 16.8 Å². The molecular formula is C25H21NO4. The highest BCUT2D eigenvalue weighted by atomic mass is 16.3. The van der Waals surface area contributed by atoms with E-state index in [2.05, 4.69) is 0 Å². The highest BCUT2D eigenvalue weighted by Gasteiger charge is 2.58.